The molecular formula is C36H39BrFN3O5S. The van der Waals surface area contributed by atoms with Gasteiger partial charge < -0.3 is 15.0 Å². The molecule has 0 spiro atoms. The largest absolute Gasteiger partial charge is 0.494 e. The van der Waals surface area contributed by atoms with Gasteiger partial charge in [-0.3, -0.25) is 13.9 Å². The standard InChI is InChI=1S/C36H39BrFN3O5S/c1-4-26(3)39-36(43)34(23-27-9-7-6-8-10-27)40(24-28-11-15-30(38)16-12-28)35(42)25-41(31-17-19-32(20-18-31)46-5-2)47(44,45)33-21-13-29(37)14-22-33/h6-22,26,34H,4-5,23-25H2,1-3H3,(H,39,43)/t26-,34+/m1/s1. The van der Waals surface area contributed by atoms with E-state index >= 15 is 0 Å². The summed E-state index contributed by atoms with van der Waals surface area (Å²) in [6.07, 6.45) is 0.852. The minimum Gasteiger partial charge on any atom is -0.494 e. The molecule has 0 saturated heterocycles. The molecule has 2 amide bonds. The molecule has 2 atom stereocenters. The minimum absolute atomic E-state index is 0.0113. The van der Waals surface area contributed by atoms with Gasteiger partial charge in [-0.15, -0.1) is 0 Å². The van der Waals surface area contributed by atoms with Gasteiger partial charge in [0, 0.05) is 23.5 Å². The van der Waals surface area contributed by atoms with Gasteiger partial charge in [-0.05, 0) is 92.1 Å². The zero-order valence-electron chi connectivity index (χ0n) is 26.6. The van der Waals surface area contributed by atoms with E-state index < -0.39 is 34.3 Å². The molecule has 4 rings (SSSR count). The Morgan fingerprint density at radius 1 is 0.872 bits per heavy atom. The average molecular weight is 725 g/mol. The Morgan fingerprint density at radius 2 is 1.51 bits per heavy atom. The highest BCUT2D eigenvalue weighted by molar-refractivity contribution is 9.10. The molecule has 0 bridgehead atoms. The number of sulfonamides is 1. The van der Waals surface area contributed by atoms with Crippen molar-refractivity contribution in [3.8, 4) is 5.75 Å². The van der Waals surface area contributed by atoms with Gasteiger partial charge in [0.1, 0.15) is 24.2 Å². The summed E-state index contributed by atoms with van der Waals surface area (Å²) in [5.74, 6) is -0.874. The second kappa shape index (κ2) is 16.6. The van der Waals surface area contributed by atoms with Crippen molar-refractivity contribution in [2.45, 2.75) is 57.1 Å². The first-order chi connectivity index (χ1) is 22.5. The lowest BCUT2D eigenvalue weighted by molar-refractivity contribution is -0.140. The summed E-state index contributed by atoms with van der Waals surface area (Å²) >= 11 is 3.35. The second-order valence-electron chi connectivity index (χ2n) is 11.1. The molecule has 0 radical (unpaired) electrons. The van der Waals surface area contributed by atoms with Crippen molar-refractivity contribution < 1.29 is 27.1 Å². The van der Waals surface area contributed by atoms with E-state index in [1.165, 1.54) is 29.2 Å². The van der Waals surface area contributed by atoms with Crippen LogP contribution in [0.25, 0.3) is 0 Å². The number of hydrogen-bond acceptors (Lipinski definition) is 5. The first-order valence-electron chi connectivity index (χ1n) is 15.4. The topological polar surface area (TPSA) is 96.0 Å². The molecule has 0 aliphatic carbocycles. The monoisotopic (exact) mass is 723 g/mol. The van der Waals surface area contributed by atoms with E-state index in [2.05, 4.69) is 21.2 Å². The highest BCUT2D eigenvalue weighted by Crippen LogP contribution is 2.28. The van der Waals surface area contributed by atoms with E-state index in [0.29, 0.717) is 28.8 Å². The Morgan fingerprint density at radius 3 is 2.11 bits per heavy atom. The molecular weight excluding hydrogens is 685 g/mol. The molecule has 0 heterocycles. The normalized spacial score (nSPS) is 12.5. The van der Waals surface area contributed by atoms with Gasteiger partial charge in [0.2, 0.25) is 11.8 Å². The third-order valence-corrected chi connectivity index (χ3v) is 9.97. The van der Waals surface area contributed by atoms with Crippen LogP contribution in [0.4, 0.5) is 10.1 Å². The summed E-state index contributed by atoms with van der Waals surface area (Å²) < 4.78 is 49.5. The Hall–Kier alpha value is -4.22. The van der Waals surface area contributed by atoms with Gasteiger partial charge in [0.05, 0.1) is 17.2 Å². The van der Waals surface area contributed by atoms with Crippen LogP contribution in [-0.4, -0.2) is 50.4 Å². The molecule has 0 aliphatic rings. The van der Waals surface area contributed by atoms with E-state index in [0.717, 1.165) is 9.87 Å². The number of nitrogens with zero attached hydrogens (tertiary/aromatic N) is 2. The summed E-state index contributed by atoms with van der Waals surface area (Å²) in [6, 6.07) is 26.4. The zero-order chi connectivity index (χ0) is 34.0. The Labute approximate surface area is 284 Å². The number of anilines is 1. The van der Waals surface area contributed by atoms with Crippen molar-refractivity contribution in [3.63, 3.8) is 0 Å². The quantitative estimate of drug-likeness (QED) is 0.147. The summed E-state index contributed by atoms with van der Waals surface area (Å²) in [4.78, 5) is 29.8. The number of amides is 2. The SMILES string of the molecule is CCOc1ccc(N(CC(=O)N(Cc2ccc(F)cc2)[C@@H](Cc2ccccc2)C(=O)N[C@H](C)CC)S(=O)(=O)c2ccc(Br)cc2)cc1. The van der Waals surface area contributed by atoms with Crippen molar-refractivity contribution >= 4 is 43.5 Å². The van der Waals surface area contributed by atoms with Gasteiger partial charge in [0.15, 0.2) is 0 Å². The van der Waals surface area contributed by atoms with Crippen molar-refractivity contribution in [1.29, 1.82) is 0 Å². The van der Waals surface area contributed by atoms with Crippen molar-refractivity contribution in [2.24, 2.45) is 0 Å². The minimum atomic E-state index is -4.26. The number of benzene rings is 4. The Kier molecular flexibility index (Phi) is 12.6. The summed E-state index contributed by atoms with van der Waals surface area (Å²) in [5, 5.41) is 3.00. The molecule has 1 N–H and O–H groups in total. The molecule has 0 unspecified atom stereocenters. The van der Waals surface area contributed by atoms with Crippen LogP contribution in [0, 0.1) is 5.82 Å². The highest BCUT2D eigenvalue weighted by Gasteiger charge is 2.35. The van der Waals surface area contributed by atoms with Crippen LogP contribution in [0.2, 0.25) is 0 Å². The molecule has 0 aromatic heterocycles. The fourth-order valence-electron chi connectivity index (χ4n) is 4.92. The van der Waals surface area contributed by atoms with Crippen LogP contribution in [0.3, 0.4) is 0 Å². The van der Waals surface area contributed by atoms with Gasteiger partial charge in [-0.25, -0.2) is 12.8 Å². The Bertz CT molecular complexity index is 1720. The third-order valence-electron chi connectivity index (χ3n) is 7.65. The number of rotatable bonds is 15. The maximum absolute atomic E-state index is 14.5. The number of nitrogens with one attached hydrogen (secondary N) is 1. The number of hydrogen-bond donors (Lipinski definition) is 1. The fraction of sp³-hybridized carbons (Fsp3) is 0.278. The molecule has 0 saturated carbocycles. The van der Waals surface area contributed by atoms with E-state index in [1.54, 1.807) is 48.5 Å². The molecule has 0 fully saturated rings. The first kappa shape index (κ1) is 35.6. The zero-order valence-corrected chi connectivity index (χ0v) is 29.0. The predicted octanol–water partition coefficient (Wildman–Crippen LogP) is 6.74. The maximum atomic E-state index is 14.5. The molecule has 11 heteroatoms. The van der Waals surface area contributed by atoms with Crippen LogP contribution in [0.15, 0.2) is 112 Å². The number of ether oxygens (including phenoxy) is 1. The lowest BCUT2D eigenvalue weighted by atomic mass is 10.0. The number of carbonyl (C=O) groups is 2. The van der Waals surface area contributed by atoms with Gasteiger partial charge in [-0.1, -0.05) is 65.3 Å². The van der Waals surface area contributed by atoms with Crippen LogP contribution in [0.1, 0.15) is 38.3 Å². The van der Waals surface area contributed by atoms with Crippen molar-refractivity contribution in [2.75, 3.05) is 17.5 Å². The van der Waals surface area contributed by atoms with Crippen LogP contribution in [0.5, 0.6) is 5.75 Å². The molecule has 8 nitrogen and oxygen atoms in total. The lowest BCUT2D eigenvalue weighted by Gasteiger charge is -2.34. The number of halogens is 2. The van der Waals surface area contributed by atoms with Crippen molar-refractivity contribution in [1.82, 2.24) is 10.2 Å². The van der Waals surface area contributed by atoms with E-state index in [9.17, 15) is 22.4 Å². The summed E-state index contributed by atoms with van der Waals surface area (Å²) in [6.45, 7) is 5.44. The van der Waals surface area contributed by atoms with E-state index in [1.807, 2.05) is 51.1 Å². The van der Waals surface area contributed by atoms with Crippen LogP contribution in [-0.2, 0) is 32.6 Å². The maximum Gasteiger partial charge on any atom is 0.264 e. The van der Waals surface area contributed by atoms with E-state index in [4.69, 9.17) is 4.74 Å². The fourth-order valence-corrected chi connectivity index (χ4v) is 6.60. The molecule has 0 aliphatic heterocycles. The van der Waals surface area contributed by atoms with E-state index in [-0.39, 0.29) is 35.5 Å². The average Bonchev–Trinajstić information content (AvgIpc) is 3.07. The number of carbonyl (C=O) groups excluding carboxylic acids is 2. The third kappa shape index (κ3) is 9.65. The highest BCUT2D eigenvalue weighted by atomic mass is 79.9. The van der Waals surface area contributed by atoms with Crippen molar-refractivity contribution in [3.05, 3.63) is 125 Å². The van der Waals surface area contributed by atoms with Crippen LogP contribution >= 0.6 is 15.9 Å². The van der Waals surface area contributed by atoms with Gasteiger partial charge in [-0.2, -0.15) is 0 Å². The van der Waals surface area contributed by atoms with Crippen LogP contribution < -0.4 is 14.4 Å². The molecule has 248 valence electrons. The van der Waals surface area contributed by atoms with Gasteiger partial charge in [0.25, 0.3) is 10.0 Å². The summed E-state index contributed by atoms with van der Waals surface area (Å²) in [5.41, 5.74) is 1.65. The second-order valence-corrected chi connectivity index (χ2v) is 13.8. The molecule has 4 aromatic carbocycles. The molecule has 4 aromatic rings. The first-order valence-corrected chi connectivity index (χ1v) is 17.6. The predicted molar refractivity (Wildman–Crippen MR) is 185 cm³/mol. The van der Waals surface area contributed by atoms with Gasteiger partial charge >= 0.3 is 0 Å². The smallest absolute Gasteiger partial charge is 0.264 e. The lowest BCUT2D eigenvalue weighted by Crippen LogP contribution is -2.54. The summed E-state index contributed by atoms with van der Waals surface area (Å²) in [7, 11) is -4.26. The molecule has 47 heavy (non-hydrogen) atoms. The Balaban J connectivity index is 1.80.